The summed E-state index contributed by atoms with van der Waals surface area (Å²) in [5, 5.41) is 11.4. The highest BCUT2D eigenvalue weighted by Crippen LogP contribution is 2.43. The van der Waals surface area contributed by atoms with Gasteiger partial charge < -0.3 is 10.4 Å². The van der Waals surface area contributed by atoms with E-state index in [1.165, 1.54) is 12.1 Å². The topological polar surface area (TPSA) is 66.4 Å². The van der Waals surface area contributed by atoms with Gasteiger partial charge in [0.2, 0.25) is 5.91 Å². The van der Waals surface area contributed by atoms with Crippen LogP contribution in [-0.2, 0) is 16.0 Å². The van der Waals surface area contributed by atoms with Crippen LogP contribution in [0.1, 0.15) is 18.4 Å². The second-order valence-corrected chi connectivity index (χ2v) is 5.75. The van der Waals surface area contributed by atoms with Gasteiger partial charge in [-0.1, -0.05) is 18.2 Å². The van der Waals surface area contributed by atoms with Gasteiger partial charge in [-0.05, 0) is 42.4 Å². The zero-order valence-corrected chi connectivity index (χ0v) is 11.4. The molecule has 0 aromatic heterocycles. The van der Waals surface area contributed by atoms with Crippen molar-refractivity contribution in [1.82, 2.24) is 0 Å². The first-order valence-electron chi connectivity index (χ1n) is 7.02. The number of carboxylic acid groups (broad SMARTS) is 1. The van der Waals surface area contributed by atoms with E-state index in [4.69, 9.17) is 5.11 Å². The standard InChI is InChI=1S/C16H16FNO3/c17-14-8-12(4-3-11(14)7-15(19)20)18-16(21)13-6-9-1-2-10(13)5-9/h1-4,8-10,13H,5-7H2,(H,18,21)(H,19,20). The van der Waals surface area contributed by atoms with Gasteiger partial charge in [0.25, 0.3) is 0 Å². The van der Waals surface area contributed by atoms with Crippen LogP contribution >= 0.6 is 0 Å². The summed E-state index contributed by atoms with van der Waals surface area (Å²) in [6, 6.07) is 4.13. The van der Waals surface area contributed by atoms with Gasteiger partial charge in [0.15, 0.2) is 0 Å². The van der Waals surface area contributed by atoms with E-state index in [0.717, 1.165) is 12.8 Å². The molecule has 1 aromatic carbocycles. The third-order valence-electron chi connectivity index (χ3n) is 4.28. The highest BCUT2D eigenvalue weighted by Gasteiger charge is 2.39. The van der Waals surface area contributed by atoms with Crippen molar-refractivity contribution in [3.63, 3.8) is 0 Å². The van der Waals surface area contributed by atoms with Crippen LogP contribution in [0, 0.1) is 23.6 Å². The van der Waals surface area contributed by atoms with E-state index < -0.39 is 11.8 Å². The molecule has 1 aromatic rings. The Hall–Kier alpha value is -2.17. The fourth-order valence-electron chi connectivity index (χ4n) is 3.25. The van der Waals surface area contributed by atoms with Gasteiger partial charge in [0, 0.05) is 11.6 Å². The number of aliphatic carboxylic acids is 1. The largest absolute Gasteiger partial charge is 0.481 e. The zero-order valence-electron chi connectivity index (χ0n) is 11.4. The maximum atomic E-state index is 13.8. The first-order valence-corrected chi connectivity index (χ1v) is 7.02. The molecular weight excluding hydrogens is 273 g/mol. The maximum Gasteiger partial charge on any atom is 0.307 e. The predicted molar refractivity (Wildman–Crippen MR) is 75.2 cm³/mol. The van der Waals surface area contributed by atoms with Crippen LogP contribution in [0.4, 0.5) is 10.1 Å². The van der Waals surface area contributed by atoms with E-state index in [1.54, 1.807) is 6.07 Å². The number of amides is 1. The van der Waals surface area contributed by atoms with Gasteiger partial charge in [-0.15, -0.1) is 0 Å². The summed E-state index contributed by atoms with van der Waals surface area (Å²) in [5.74, 6) is -1.02. The number of allylic oxidation sites excluding steroid dienone is 2. The molecule has 3 rings (SSSR count). The second kappa shape index (κ2) is 5.31. The number of benzene rings is 1. The number of halogens is 1. The number of rotatable bonds is 4. The summed E-state index contributed by atoms with van der Waals surface area (Å²) in [6.45, 7) is 0. The average molecular weight is 289 g/mol. The first kappa shape index (κ1) is 13.8. The minimum absolute atomic E-state index is 0.0400. The molecule has 1 saturated carbocycles. The average Bonchev–Trinajstić information content (AvgIpc) is 3.04. The van der Waals surface area contributed by atoms with Gasteiger partial charge in [0.05, 0.1) is 6.42 Å². The molecule has 5 heteroatoms. The Balaban J connectivity index is 1.68. The molecule has 2 aliphatic rings. The lowest BCUT2D eigenvalue weighted by Crippen LogP contribution is -2.26. The molecule has 0 heterocycles. The zero-order chi connectivity index (χ0) is 15.0. The summed E-state index contributed by atoms with van der Waals surface area (Å²) < 4.78 is 13.8. The molecule has 110 valence electrons. The number of fused-ring (bicyclic) bond motifs is 2. The fraction of sp³-hybridized carbons (Fsp3) is 0.375. The lowest BCUT2D eigenvalue weighted by Gasteiger charge is -2.17. The molecule has 0 radical (unpaired) electrons. The second-order valence-electron chi connectivity index (χ2n) is 5.75. The van der Waals surface area contributed by atoms with Crippen molar-refractivity contribution in [2.45, 2.75) is 19.3 Å². The lowest BCUT2D eigenvalue weighted by atomic mass is 9.93. The predicted octanol–water partition coefficient (Wildman–Crippen LogP) is 2.60. The first-order chi connectivity index (χ1) is 10.0. The summed E-state index contributed by atoms with van der Waals surface area (Å²) in [5.41, 5.74) is 0.488. The number of hydrogen-bond acceptors (Lipinski definition) is 2. The highest BCUT2D eigenvalue weighted by molar-refractivity contribution is 5.93. The Morgan fingerprint density at radius 3 is 2.67 bits per heavy atom. The molecule has 2 bridgehead atoms. The Kier molecular flexibility index (Phi) is 3.49. The quantitative estimate of drug-likeness (QED) is 0.837. The van der Waals surface area contributed by atoms with Gasteiger partial charge in [-0.2, -0.15) is 0 Å². The van der Waals surface area contributed by atoms with Crippen molar-refractivity contribution >= 4 is 17.6 Å². The molecule has 0 saturated heterocycles. The van der Waals surface area contributed by atoms with E-state index in [0.29, 0.717) is 17.5 Å². The van der Waals surface area contributed by atoms with Crippen LogP contribution in [0.25, 0.3) is 0 Å². The van der Waals surface area contributed by atoms with Gasteiger partial charge in [-0.3, -0.25) is 9.59 Å². The number of nitrogens with one attached hydrogen (secondary N) is 1. The van der Waals surface area contributed by atoms with Crippen molar-refractivity contribution < 1.29 is 19.1 Å². The van der Waals surface area contributed by atoms with Crippen molar-refractivity contribution in [3.05, 3.63) is 41.7 Å². The van der Waals surface area contributed by atoms with Crippen LogP contribution in [0.5, 0.6) is 0 Å². The number of carboxylic acids is 1. The Labute approximate surface area is 121 Å². The van der Waals surface area contributed by atoms with Crippen LogP contribution < -0.4 is 5.32 Å². The molecular formula is C16H16FNO3. The summed E-state index contributed by atoms with van der Waals surface area (Å²) in [6.07, 6.45) is 5.78. The highest BCUT2D eigenvalue weighted by atomic mass is 19.1. The molecule has 1 amide bonds. The third kappa shape index (κ3) is 2.82. The van der Waals surface area contributed by atoms with Gasteiger partial charge in [0.1, 0.15) is 5.82 Å². The van der Waals surface area contributed by atoms with Gasteiger partial charge >= 0.3 is 5.97 Å². The molecule has 21 heavy (non-hydrogen) atoms. The van der Waals surface area contributed by atoms with E-state index in [-0.39, 0.29) is 23.8 Å². The molecule has 0 spiro atoms. The Bertz CT molecular complexity index is 626. The van der Waals surface area contributed by atoms with Crippen molar-refractivity contribution in [2.75, 3.05) is 5.32 Å². The number of carbonyl (C=O) groups excluding carboxylic acids is 1. The molecule has 1 fully saturated rings. The Morgan fingerprint density at radius 2 is 2.10 bits per heavy atom. The number of anilines is 1. The molecule has 4 nitrogen and oxygen atoms in total. The molecule has 0 aliphatic heterocycles. The lowest BCUT2D eigenvalue weighted by molar-refractivity contribution is -0.136. The molecule has 3 atom stereocenters. The van der Waals surface area contributed by atoms with Crippen LogP contribution in [0.15, 0.2) is 30.4 Å². The van der Waals surface area contributed by atoms with Crippen molar-refractivity contribution in [3.8, 4) is 0 Å². The molecule has 2 N–H and O–H groups in total. The minimum Gasteiger partial charge on any atom is -0.481 e. The van der Waals surface area contributed by atoms with E-state index in [1.807, 2.05) is 0 Å². The monoisotopic (exact) mass is 289 g/mol. The summed E-state index contributed by atoms with van der Waals surface area (Å²) in [7, 11) is 0. The van der Waals surface area contributed by atoms with E-state index in [9.17, 15) is 14.0 Å². The van der Waals surface area contributed by atoms with Crippen molar-refractivity contribution in [2.24, 2.45) is 17.8 Å². The van der Waals surface area contributed by atoms with E-state index in [2.05, 4.69) is 17.5 Å². The smallest absolute Gasteiger partial charge is 0.307 e. The SMILES string of the molecule is O=C(O)Cc1ccc(NC(=O)C2CC3C=CC2C3)cc1F. The normalized spacial score (nSPS) is 26.0. The maximum absolute atomic E-state index is 13.8. The van der Waals surface area contributed by atoms with Crippen LogP contribution in [0.2, 0.25) is 0 Å². The van der Waals surface area contributed by atoms with Gasteiger partial charge in [-0.25, -0.2) is 4.39 Å². The molecule has 2 aliphatic carbocycles. The Morgan fingerprint density at radius 1 is 1.29 bits per heavy atom. The van der Waals surface area contributed by atoms with Crippen LogP contribution in [-0.4, -0.2) is 17.0 Å². The number of hydrogen-bond donors (Lipinski definition) is 2. The number of carbonyl (C=O) groups is 2. The van der Waals surface area contributed by atoms with Crippen LogP contribution in [0.3, 0.4) is 0 Å². The third-order valence-corrected chi connectivity index (χ3v) is 4.28. The summed E-state index contributed by atoms with van der Waals surface area (Å²) >= 11 is 0. The van der Waals surface area contributed by atoms with Crippen molar-refractivity contribution in [1.29, 1.82) is 0 Å². The summed E-state index contributed by atoms with van der Waals surface area (Å²) in [4.78, 5) is 22.8. The fourth-order valence-corrected chi connectivity index (χ4v) is 3.25. The molecule has 3 unspecified atom stereocenters. The van der Waals surface area contributed by atoms with E-state index >= 15 is 0 Å². The minimum atomic E-state index is -1.08.